The maximum Gasteiger partial charge on any atom is 0.244 e. The monoisotopic (exact) mass is 289 g/mol. The summed E-state index contributed by atoms with van der Waals surface area (Å²) >= 11 is 0. The number of nitrogens with two attached hydrogens (primary N) is 1. The number of halogens is 1. The van der Waals surface area contributed by atoms with E-state index < -0.39 is 11.7 Å². The van der Waals surface area contributed by atoms with E-state index in [1.165, 1.54) is 17.0 Å². The van der Waals surface area contributed by atoms with Crippen LogP contribution in [0.4, 0.5) is 10.1 Å². The maximum atomic E-state index is 13.8. The van der Waals surface area contributed by atoms with Gasteiger partial charge in [-0.25, -0.2) is 4.39 Å². The normalized spacial score (nSPS) is 13.8. The first-order chi connectivity index (χ1) is 10.1. The lowest BCUT2D eigenvalue weighted by atomic mass is 10.2. The molecule has 0 aromatic heterocycles. The number of amides is 2. The predicted molar refractivity (Wildman–Crippen MR) is 76.8 cm³/mol. The molecule has 1 fully saturated rings. The van der Waals surface area contributed by atoms with Crippen LogP contribution in [-0.2, 0) is 9.59 Å². The summed E-state index contributed by atoms with van der Waals surface area (Å²) in [5.41, 5.74) is 5.81. The SMILES string of the molecule is NCC#Cc1ccc(NC(=O)CN2CCCC2=O)c(F)c1. The zero-order valence-electron chi connectivity index (χ0n) is 11.5. The van der Waals surface area contributed by atoms with Crippen LogP contribution in [0.5, 0.6) is 0 Å². The Hall–Kier alpha value is -2.39. The summed E-state index contributed by atoms with van der Waals surface area (Å²) in [6.07, 6.45) is 1.23. The van der Waals surface area contributed by atoms with Crippen molar-refractivity contribution in [3.8, 4) is 11.8 Å². The smallest absolute Gasteiger partial charge is 0.244 e. The van der Waals surface area contributed by atoms with Gasteiger partial charge in [0.2, 0.25) is 11.8 Å². The number of likely N-dealkylation sites (tertiary alicyclic amines) is 1. The Bertz CT molecular complexity index is 619. The number of rotatable bonds is 3. The van der Waals surface area contributed by atoms with Crippen LogP contribution in [0.25, 0.3) is 0 Å². The molecule has 0 bridgehead atoms. The van der Waals surface area contributed by atoms with Crippen LogP contribution in [0.3, 0.4) is 0 Å². The van der Waals surface area contributed by atoms with Gasteiger partial charge in [-0.1, -0.05) is 11.8 Å². The Labute approximate surface area is 122 Å². The van der Waals surface area contributed by atoms with E-state index in [4.69, 9.17) is 5.73 Å². The van der Waals surface area contributed by atoms with Gasteiger partial charge in [-0.05, 0) is 24.6 Å². The minimum Gasteiger partial charge on any atom is -0.333 e. The molecule has 1 aromatic rings. The van der Waals surface area contributed by atoms with Crippen LogP contribution in [-0.4, -0.2) is 36.3 Å². The van der Waals surface area contributed by atoms with Crippen molar-refractivity contribution in [2.75, 3.05) is 25.0 Å². The number of hydrogen-bond donors (Lipinski definition) is 2. The molecule has 0 atom stereocenters. The van der Waals surface area contributed by atoms with Gasteiger partial charge in [0, 0.05) is 18.5 Å². The summed E-state index contributed by atoms with van der Waals surface area (Å²) in [4.78, 5) is 24.7. The summed E-state index contributed by atoms with van der Waals surface area (Å²) in [5.74, 6) is 4.31. The van der Waals surface area contributed by atoms with Crippen LogP contribution >= 0.6 is 0 Å². The van der Waals surface area contributed by atoms with Crippen molar-refractivity contribution in [3.05, 3.63) is 29.6 Å². The molecule has 3 N–H and O–H groups in total. The van der Waals surface area contributed by atoms with Crippen LogP contribution in [0, 0.1) is 17.7 Å². The third-order valence-corrected chi connectivity index (χ3v) is 3.08. The van der Waals surface area contributed by atoms with Crippen molar-refractivity contribution in [3.63, 3.8) is 0 Å². The third-order valence-electron chi connectivity index (χ3n) is 3.08. The van der Waals surface area contributed by atoms with Gasteiger partial charge >= 0.3 is 0 Å². The van der Waals surface area contributed by atoms with Crippen LogP contribution in [0.1, 0.15) is 18.4 Å². The number of carbonyl (C=O) groups is 2. The maximum absolute atomic E-state index is 13.8. The first-order valence-electron chi connectivity index (χ1n) is 6.66. The Morgan fingerprint density at radius 3 is 2.90 bits per heavy atom. The summed E-state index contributed by atoms with van der Waals surface area (Å²) in [5, 5.41) is 2.46. The summed E-state index contributed by atoms with van der Waals surface area (Å²) in [6, 6.07) is 4.28. The van der Waals surface area contributed by atoms with E-state index in [2.05, 4.69) is 17.2 Å². The van der Waals surface area contributed by atoms with Gasteiger partial charge in [-0.2, -0.15) is 0 Å². The number of benzene rings is 1. The van der Waals surface area contributed by atoms with E-state index in [1.54, 1.807) is 6.07 Å². The van der Waals surface area contributed by atoms with E-state index in [9.17, 15) is 14.0 Å². The molecular formula is C15H16FN3O2. The zero-order chi connectivity index (χ0) is 15.2. The van der Waals surface area contributed by atoms with Crippen molar-refractivity contribution in [1.82, 2.24) is 4.90 Å². The number of nitrogens with zero attached hydrogens (tertiary/aromatic N) is 1. The lowest BCUT2D eigenvalue weighted by Crippen LogP contribution is -2.34. The van der Waals surface area contributed by atoms with Gasteiger partial charge in [0.25, 0.3) is 0 Å². The molecule has 0 unspecified atom stereocenters. The van der Waals surface area contributed by atoms with E-state index in [0.717, 1.165) is 6.42 Å². The second-order valence-corrected chi connectivity index (χ2v) is 4.67. The molecule has 5 nitrogen and oxygen atoms in total. The Morgan fingerprint density at radius 1 is 1.48 bits per heavy atom. The molecule has 6 heteroatoms. The van der Waals surface area contributed by atoms with Gasteiger partial charge in [-0.15, -0.1) is 0 Å². The molecule has 0 radical (unpaired) electrons. The largest absolute Gasteiger partial charge is 0.333 e. The number of carbonyl (C=O) groups excluding carboxylic acids is 2. The lowest BCUT2D eigenvalue weighted by Gasteiger charge is -2.15. The van der Waals surface area contributed by atoms with Gasteiger partial charge in [0.05, 0.1) is 18.8 Å². The molecule has 1 aromatic carbocycles. The van der Waals surface area contributed by atoms with E-state index in [-0.39, 0.29) is 24.7 Å². The van der Waals surface area contributed by atoms with Crippen molar-refractivity contribution in [1.29, 1.82) is 0 Å². The zero-order valence-corrected chi connectivity index (χ0v) is 11.5. The molecule has 1 aliphatic heterocycles. The van der Waals surface area contributed by atoms with Crippen molar-refractivity contribution in [2.45, 2.75) is 12.8 Å². The average molecular weight is 289 g/mol. The number of nitrogens with one attached hydrogen (secondary N) is 1. The average Bonchev–Trinajstić information content (AvgIpc) is 2.84. The molecule has 21 heavy (non-hydrogen) atoms. The number of hydrogen-bond acceptors (Lipinski definition) is 3. The Balaban J connectivity index is 1.99. The molecule has 0 aliphatic carbocycles. The fourth-order valence-corrected chi connectivity index (χ4v) is 2.08. The minimum atomic E-state index is -0.570. The van der Waals surface area contributed by atoms with Gasteiger partial charge < -0.3 is 16.0 Å². The highest BCUT2D eigenvalue weighted by Gasteiger charge is 2.22. The predicted octanol–water partition coefficient (Wildman–Crippen LogP) is 0.697. The van der Waals surface area contributed by atoms with Crippen molar-refractivity contribution >= 4 is 17.5 Å². The van der Waals surface area contributed by atoms with E-state index >= 15 is 0 Å². The molecule has 1 heterocycles. The second kappa shape index (κ2) is 6.86. The number of anilines is 1. The van der Waals surface area contributed by atoms with E-state index in [0.29, 0.717) is 18.5 Å². The molecule has 0 saturated carbocycles. The minimum absolute atomic E-state index is 0.0435. The Morgan fingerprint density at radius 2 is 2.29 bits per heavy atom. The second-order valence-electron chi connectivity index (χ2n) is 4.67. The van der Waals surface area contributed by atoms with Crippen LogP contribution < -0.4 is 11.1 Å². The van der Waals surface area contributed by atoms with Gasteiger partial charge in [-0.3, -0.25) is 9.59 Å². The third kappa shape index (κ3) is 4.04. The Kier molecular flexibility index (Phi) is 4.90. The van der Waals surface area contributed by atoms with Crippen molar-refractivity contribution < 1.29 is 14.0 Å². The molecule has 110 valence electrons. The van der Waals surface area contributed by atoms with Crippen LogP contribution in [0.15, 0.2) is 18.2 Å². The highest BCUT2D eigenvalue weighted by Crippen LogP contribution is 2.16. The summed E-state index contributed by atoms with van der Waals surface area (Å²) in [6.45, 7) is 0.722. The quantitative estimate of drug-likeness (QED) is 0.804. The van der Waals surface area contributed by atoms with Crippen LogP contribution in [0.2, 0.25) is 0 Å². The first-order valence-corrected chi connectivity index (χ1v) is 6.66. The highest BCUT2D eigenvalue weighted by atomic mass is 19.1. The van der Waals surface area contributed by atoms with Crippen molar-refractivity contribution in [2.24, 2.45) is 5.73 Å². The standard InChI is InChI=1S/C15H16FN3O2/c16-12-9-11(3-1-7-17)5-6-13(12)18-14(20)10-19-8-2-4-15(19)21/h5-6,9H,2,4,7-8,10,17H2,(H,18,20). The molecule has 1 aliphatic rings. The van der Waals surface area contributed by atoms with Gasteiger partial charge in [0.1, 0.15) is 5.82 Å². The van der Waals surface area contributed by atoms with E-state index in [1.807, 2.05) is 0 Å². The summed E-state index contributed by atoms with van der Waals surface area (Å²) in [7, 11) is 0. The molecule has 2 amide bonds. The van der Waals surface area contributed by atoms with Gasteiger partial charge in [0.15, 0.2) is 0 Å². The topological polar surface area (TPSA) is 75.4 Å². The fraction of sp³-hybridized carbons (Fsp3) is 0.333. The first kappa shape index (κ1) is 15.0. The highest BCUT2D eigenvalue weighted by molar-refractivity contribution is 5.95. The molecule has 2 rings (SSSR count). The molecule has 1 saturated heterocycles. The molecular weight excluding hydrogens is 273 g/mol. The summed E-state index contributed by atoms with van der Waals surface area (Å²) < 4.78 is 13.8. The fourth-order valence-electron chi connectivity index (χ4n) is 2.08. The molecule has 0 spiro atoms. The lowest BCUT2D eigenvalue weighted by molar-refractivity contribution is -0.131.